The van der Waals surface area contributed by atoms with Gasteiger partial charge in [0.25, 0.3) is 0 Å². The maximum Gasteiger partial charge on any atom is 0.305 e. The summed E-state index contributed by atoms with van der Waals surface area (Å²) in [5.41, 5.74) is 2.67. The predicted octanol–water partition coefficient (Wildman–Crippen LogP) is 4.24. The third-order valence-electron chi connectivity index (χ3n) is 3.23. The molecule has 0 unspecified atom stereocenters. The minimum atomic E-state index is -0.843. The van der Waals surface area contributed by atoms with Crippen LogP contribution in [0.5, 0.6) is 5.75 Å². The maximum absolute atomic E-state index is 14.0. The van der Waals surface area contributed by atoms with Gasteiger partial charge in [-0.1, -0.05) is 29.8 Å². The maximum atomic E-state index is 14.0. The van der Waals surface area contributed by atoms with Gasteiger partial charge in [0.2, 0.25) is 5.82 Å². The molecule has 0 atom stereocenters. The smallest absolute Gasteiger partial charge is 0.305 e. The van der Waals surface area contributed by atoms with Gasteiger partial charge in [0, 0.05) is 11.6 Å². The van der Waals surface area contributed by atoms with Gasteiger partial charge in [-0.25, -0.2) is 0 Å². The van der Waals surface area contributed by atoms with E-state index in [0.717, 1.165) is 22.8 Å². The summed E-state index contributed by atoms with van der Waals surface area (Å²) in [4.78, 5) is 9.98. The summed E-state index contributed by atoms with van der Waals surface area (Å²) in [5.74, 6) is -0.156. The molecule has 0 saturated heterocycles. The Balaban J connectivity index is 2.25. The van der Waals surface area contributed by atoms with E-state index in [4.69, 9.17) is 4.74 Å². The highest BCUT2D eigenvalue weighted by atomic mass is 19.1. The molecule has 0 amide bonds. The van der Waals surface area contributed by atoms with Gasteiger partial charge in [-0.05, 0) is 31.9 Å². The fourth-order valence-corrected chi connectivity index (χ4v) is 2.36. The fraction of sp³-hybridized carbons (Fsp3) is 0.250. The molecule has 21 heavy (non-hydrogen) atoms. The normalized spacial score (nSPS) is 10.5. The summed E-state index contributed by atoms with van der Waals surface area (Å²) in [6.07, 6.45) is 0. The van der Waals surface area contributed by atoms with Crippen molar-refractivity contribution in [2.45, 2.75) is 27.4 Å². The molecule has 0 aliphatic carbocycles. The monoisotopic (exact) mass is 289 g/mol. The van der Waals surface area contributed by atoms with Gasteiger partial charge in [-0.2, -0.15) is 4.39 Å². The van der Waals surface area contributed by atoms with E-state index in [2.05, 4.69) is 0 Å². The molecule has 0 spiro atoms. The minimum absolute atomic E-state index is 0.0434. The molecular weight excluding hydrogens is 273 g/mol. The number of halogens is 1. The van der Waals surface area contributed by atoms with Crippen LogP contribution in [0.4, 0.5) is 10.1 Å². The summed E-state index contributed by atoms with van der Waals surface area (Å²) in [6.45, 7) is 5.78. The molecule has 0 fully saturated rings. The Morgan fingerprint density at radius 2 is 1.81 bits per heavy atom. The van der Waals surface area contributed by atoms with Gasteiger partial charge >= 0.3 is 5.69 Å². The second-order valence-corrected chi connectivity index (χ2v) is 5.02. The number of hydrogen-bond acceptors (Lipinski definition) is 3. The summed E-state index contributed by atoms with van der Waals surface area (Å²) in [6, 6.07) is 8.04. The third kappa shape index (κ3) is 3.18. The number of benzene rings is 2. The van der Waals surface area contributed by atoms with Crippen LogP contribution in [0.1, 0.15) is 22.3 Å². The first-order valence-electron chi connectivity index (χ1n) is 6.52. The molecule has 4 nitrogen and oxygen atoms in total. The molecule has 2 aromatic rings. The van der Waals surface area contributed by atoms with E-state index in [1.54, 1.807) is 0 Å². The van der Waals surface area contributed by atoms with Crippen molar-refractivity contribution in [1.29, 1.82) is 0 Å². The van der Waals surface area contributed by atoms with Crippen molar-refractivity contribution in [2.24, 2.45) is 0 Å². The number of nitro benzene ring substituents is 1. The molecule has 2 rings (SSSR count). The average Bonchev–Trinajstić information content (AvgIpc) is 2.38. The first kappa shape index (κ1) is 15.0. The number of nitrogens with zero attached hydrogens (tertiary/aromatic N) is 1. The summed E-state index contributed by atoms with van der Waals surface area (Å²) >= 11 is 0. The van der Waals surface area contributed by atoms with Crippen LogP contribution < -0.4 is 4.74 Å². The Kier molecular flexibility index (Phi) is 4.21. The highest BCUT2D eigenvalue weighted by Crippen LogP contribution is 2.27. The van der Waals surface area contributed by atoms with Gasteiger partial charge in [0.05, 0.1) is 4.92 Å². The fourth-order valence-electron chi connectivity index (χ4n) is 2.36. The van der Waals surface area contributed by atoms with E-state index in [9.17, 15) is 14.5 Å². The van der Waals surface area contributed by atoms with Gasteiger partial charge in [0.15, 0.2) is 0 Å². The molecule has 0 aliphatic heterocycles. The Labute approximate surface area is 122 Å². The van der Waals surface area contributed by atoms with E-state index in [1.165, 1.54) is 12.1 Å². The first-order valence-corrected chi connectivity index (χ1v) is 6.52. The van der Waals surface area contributed by atoms with Crippen LogP contribution in [0.25, 0.3) is 0 Å². The van der Waals surface area contributed by atoms with E-state index in [0.29, 0.717) is 5.75 Å². The van der Waals surface area contributed by atoms with E-state index < -0.39 is 16.4 Å². The molecule has 0 saturated carbocycles. The Morgan fingerprint density at radius 3 is 2.38 bits per heavy atom. The molecule has 0 bridgehead atoms. The average molecular weight is 289 g/mol. The summed E-state index contributed by atoms with van der Waals surface area (Å²) in [5, 5.41) is 10.7. The van der Waals surface area contributed by atoms with Crippen LogP contribution in [0, 0.1) is 36.7 Å². The van der Waals surface area contributed by atoms with Crippen LogP contribution in [-0.4, -0.2) is 4.92 Å². The van der Waals surface area contributed by atoms with E-state index in [1.807, 2.05) is 32.9 Å². The quantitative estimate of drug-likeness (QED) is 0.625. The van der Waals surface area contributed by atoms with Crippen molar-refractivity contribution in [1.82, 2.24) is 0 Å². The van der Waals surface area contributed by atoms with Gasteiger partial charge < -0.3 is 4.74 Å². The lowest BCUT2D eigenvalue weighted by atomic mass is 10.1. The zero-order valence-electron chi connectivity index (χ0n) is 12.1. The lowest BCUT2D eigenvalue weighted by Crippen LogP contribution is -2.03. The largest absolute Gasteiger partial charge is 0.488 e. The molecule has 2 aromatic carbocycles. The van der Waals surface area contributed by atoms with Crippen LogP contribution in [0.2, 0.25) is 0 Å². The van der Waals surface area contributed by atoms with Crippen molar-refractivity contribution in [3.63, 3.8) is 0 Å². The standard InChI is InChI=1S/C16H16FNO3/c1-10-7-11(2)16(12(3)8-10)21-9-13-5-4-6-14(15(13)17)18(19)20/h4-8H,9H2,1-3H3. The minimum Gasteiger partial charge on any atom is -0.488 e. The first-order chi connectivity index (χ1) is 9.90. The van der Waals surface area contributed by atoms with Gasteiger partial charge in [0.1, 0.15) is 12.4 Å². The second-order valence-electron chi connectivity index (χ2n) is 5.02. The summed E-state index contributed by atoms with van der Waals surface area (Å²) in [7, 11) is 0. The molecule has 110 valence electrons. The predicted molar refractivity (Wildman–Crippen MR) is 78.0 cm³/mol. The Hall–Kier alpha value is -2.43. The Morgan fingerprint density at radius 1 is 1.19 bits per heavy atom. The zero-order chi connectivity index (χ0) is 15.6. The van der Waals surface area contributed by atoms with Crippen LogP contribution in [-0.2, 0) is 6.61 Å². The molecule has 0 N–H and O–H groups in total. The van der Waals surface area contributed by atoms with Crippen molar-refractivity contribution in [2.75, 3.05) is 0 Å². The van der Waals surface area contributed by atoms with Crippen molar-refractivity contribution in [3.05, 3.63) is 68.5 Å². The van der Waals surface area contributed by atoms with Crippen LogP contribution in [0.3, 0.4) is 0 Å². The number of hydrogen-bond donors (Lipinski definition) is 0. The topological polar surface area (TPSA) is 52.4 Å². The van der Waals surface area contributed by atoms with Crippen molar-refractivity contribution in [3.8, 4) is 5.75 Å². The molecular formula is C16H16FNO3. The summed E-state index contributed by atoms with van der Waals surface area (Å²) < 4.78 is 19.6. The number of rotatable bonds is 4. The van der Waals surface area contributed by atoms with E-state index >= 15 is 0 Å². The lowest BCUT2D eigenvalue weighted by Gasteiger charge is -2.13. The van der Waals surface area contributed by atoms with Crippen molar-refractivity contribution < 1.29 is 14.1 Å². The number of ether oxygens (including phenoxy) is 1. The third-order valence-corrected chi connectivity index (χ3v) is 3.23. The molecule has 0 heterocycles. The lowest BCUT2D eigenvalue weighted by molar-refractivity contribution is -0.387. The highest BCUT2D eigenvalue weighted by Gasteiger charge is 2.17. The highest BCUT2D eigenvalue weighted by molar-refractivity contribution is 5.43. The van der Waals surface area contributed by atoms with Crippen LogP contribution in [0.15, 0.2) is 30.3 Å². The number of aryl methyl sites for hydroxylation is 3. The Bertz CT molecular complexity index is 675. The SMILES string of the molecule is Cc1cc(C)c(OCc2cccc([N+](=O)[O-])c2F)c(C)c1. The molecule has 0 aliphatic rings. The van der Waals surface area contributed by atoms with Crippen molar-refractivity contribution >= 4 is 5.69 Å². The number of nitro groups is 1. The van der Waals surface area contributed by atoms with Gasteiger partial charge in [-0.3, -0.25) is 10.1 Å². The van der Waals surface area contributed by atoms with E-state index in [-0.39, 0.29) is 12.2 Å². The second kappa shape index (κ2) is 5.91. The molecule has 5 heteroatoms. The van der Waals surface area contributed by atoms with Crippen LogP contribution >= 0.6 is 0 Å². The molecule has 0 aromatic heterocycles. The van der Waals surface area contributed by atoms with Gasteiger partial charge in [-0.15, -0.1) is 0 Å². The zero-order valence-corrected chi connectivity index (χ0v) is 12.1. The molecule has 0 radical (unpaired) electrons.